The third-order valence-electron chi connectivity index (χ3n) is 2.93. The lowest BCUT2D eigenvalue weighted by Crippen LogP contribution is -2.29. The largest absolute Gasteiger partial charge is 0.490 e. The summed E-state index contributed by atoms with van der Waals surface area (Å²) in [7, 11) is 1.39. The van der Waals surface area contributed by atoms with E-state index in [-0.39, 0.29) is 18.0 Å². The molecule has 0 amide bonds. The molecule has 1 aromatic carbocycles. The van der Waals surface area contributed by atoms with Gasteiger partial charge in [0.2, 0.25) is 0 Å². The molecule has 0 radical (unpaired) electrons. The number of benzene rings is 1. The van der Waals surface area contributed by atoms with Crippen LogP contribution in [0.5, 0.6) is 5.75 Å². The molecule has 0 saturated carbocycles. The Morgan fingerprint density at radius 1 is 1.24 bits per heavy atom. The van der Waals surface area contributed by atoms with E-state index < -0.39 is 0 Å². The standard InChI is InChI=1S/C14H20O3/c1-9-6-7-10(2)13(8-9)17-12(4)11(3)14(15)16-5/h6-8,11-12H,1-5H3. The number of hydrogen-bond donors (Lipinski definition) is 0. The van der Waals surface area contributed by atoms with Crippen LogP contribution in [0, 0.1) is 19.8 Å². The number of esters is 1. The lowest BCUT2D eigenvalue weighted by molar-refractivity contribution is -0.147. The van der Waals surface area contributed by atoms with Crippen LogP contribution in [-0.2, 0) is 9.53 Å². The van der Waals surface area contributed by atoms with Crippen molar-refractivity contribution >= 4 is 5.97 Å². The van der Waals surface area contributed by atoms with E-state index in [1.54, 1.807) is 0 Å². The van der Waals surface area contributed by atoms with E-state index in [9.17, 15) is 4.79 Å². The van der Waals surface area contributed by atoms with E-state index in [0.717, 1.165) is 16.9 Å². The van der Waals surface area contributed by atoms with E-state index >= 15 is 0 Å². The lowest BCUT2D eigenvalue weighted by atomic mass is 10.1. The van der Waals surface area contributed by atoms with Crippen molar-refractivity contribution in [2.75, 3.05) is 7.11 Å². The summed E-state index contributed by atoms with van der Waals surface area (Å²) >= 11 is 0. The second-order valence-corrected chi connectivity index (χ2v) is 4.40. The molecule has 3 nitrogen and oxygen atoms in total. The predicted octanol–water partition coefficient (Wildman–Crippen LogP) is 2.88. The van der Waals surface area contributed by atoms with Gasteiger partial charge in [0.05, 0.1) is 13.0 Å². The van der Waals surface area contributed by atoms with Gasteiger partial charge in [-0.05, 0) is 44.9 Å². The Balaban J connectivity index is 2.77. The van der Waals surface area contributed by atoms with Crippen LogP contribution in [0.3, 0.4) is 0 Å². The Kier molecular flexibility index (Phi) is 4.55. The molecule has 1 rings (SSSR count). The minimum Gasteiger partial charge on any atom is -0.490 e. The van der Waals surface area contributed by atoms with Gasteiger partial charge in [-0.2, -0.15) is 0 Å². The summed E-state index contributed by atoms with van der Waals surface area (Å²) in [5.41, 5.74) is 2.21. The number of aryl methyl sites for hydroxylation is 2. The summed E-state index contributed by atoms with van der Waals surface area (Å²) in [4.78, 5) is 11.4. The van der Waals surface area contributed by atoms with Gasteiger partial charge in [-0.1, -0.05) is 12.1 Å². The summed E-state index contributed by atoms with van der Waals surface area (Å²) in [5, 5.41) is 0. The molecule has 3 heteroatoms. The van der Waals surface area contributed by atoms with E-state index in [1.807, 2.05) is 45.9 Å². The average molecular weight is 236 g/mol. The van der Waals surface area contributed by atoms with Gasteiger partial charge in [-0.3, -0.25) is 4.79 Å². The Morgan fingerprint density at radius 2 is 1.88 bits per heavy atom. The molecule has 2 unspecified atom stereocenters. The van der Waals surface area contributed by atoms with Crippen LogP contribution in [0.15, 0.2) is 18.2 Å². The van der Waals surface area contributed by atoms with E-state index in [0.29, 0.717) is 0 Å². The van der Waals surface area contributed by atoms with Crippen LogP contribution in [0.25, 0.3) is 0 Å². The smallest absolute Gasteiger partial charge is 0.312 e. The number of methoxy groups -OCH3 is 1. The minimum atomic E-state index is -0.278. The lowest BCUT2D eigenvalue weighted by Gasteiger charge is -2.21. The third-order valence-corrected chi connectivity index (χ3v) is 2.93. The van der Waals surface area contributed by atoms with Gasteiger partial charge in [0.1, 0.15) is 11.9 Å². The van der Waals surface area contributed by atoms with E-state index in [2.05, 4.69) is 0 Å². The molecular formula is C14H20O3. The third kappa shape index (κ3) is 3.48. The topological polar surface area (TPSA) is 35.5 Å². The van der Waals surface area contributed by atoms with Crippen molar-refractivity contribution in [3.8, 4) is 5.75 Å². The van der Waals surface area contributed by atoms with Crippen LogP contribution in [0.2, 0.25) is 0 Å². The number of carbonyl (C=O) groups is 1. The number of rotatable bonds is 4. The predicted molar refractivity (Wildman–Crippen MR) is 67.2 cm³/mol. The van der Waals surface area contributed by atoms with Gasteiger partial charge >= 0.3 is 5.97 Å². The molecule has 17 heavy (non-hydrogen) atoms. The average Bonchev–Trinajstić information content (AvgIpc) is 2.31. The normalized spacial score (nSPS) is 13.9. The maximum atomic E-state index is 11.4. The molecule has 0 heterocycles. The van der Waals surface area contributed by atoms with Crippen molar-refractivity contribution in [3.05, 3.63) is 29.3 Å². The second kappa shape index (κ2) is 5.71. The Hall–Kier alpha value is -1.51. The van der Waals surface area contributed by atoms with Gasteiger partial charge in [-0.15, -0.1) is 0 Å². The molecule has 0 fully saturated rings. The van der Waals surface area contributed by atoms with Crippen LogP contribution in [-0.4, -0.2) is 19.2 Å². The van der Waals surface area contributed by atoms with Gasteiger partial charge < -0.3 is 9.47 Å². The highest BCUT2D eigenvalue weighted by Gasteiger charge is 2.22. The van der Waals surface area contributed by atoms with Gasteiger partial charge in [0.15, 0.2) is 0 Å². The summed E-state index contributed by atoms with van der Waals surface area (Å²) < 4.78 is 10.5. The molecule has 0 spiro atoms. The molecule has 1 aromatic rings. The molecule has 0 saturated heterocycles. The summed E-state index contributed by atoms with van der Waals surface area (Å²) in [5.74, 6) is 0.302. The highest BCUT2D eigenvalue weighted by Crippen LogP contribution is 2.22. The van der Waals surface area contributed by atoms with Crippen LogP contribution in [0.4, 0.5) is 0 Å². The van der Waals surface area contributed by atoms with Crippen molar-refractivity contribution in [3.63, 3.8) is 0 Å². The fourth-order valence-electron chi connectivity index (χ4n) is 1.51. The monoisotopic (exact) mass is 236 g/mol. The fraction of sp³-hybridized carbons (Fsp3) is 0.500. The molecule has 0 bridgehead atoms. The van der Waals surface area contributed by atoms with E-state index in [4.69, 9.17) is 9.47 Å². The summed E-state index contributed by atoms with van der Waals surface area (Å²) in [6.07, 6.45) is -0.206. The van der Waals surface area contributed by atoms with Crippen LogP contribution in [0.1, 0.15) is 25.0 Å². The second-order valence-electron chi connectivity index (χ2n) is 4.40. The van der Waals surface area contributed by atoms with Crippen LogP contribution >= 0.6 is 0 Å². The first-order valence-corrected chi connectivity index (χ1v) is 5.77. The summed E-state index contributed by atoms with van der Waals surface area (Å²) in [6, 6.07) is 6.03. The fourth-order valence-corrected chi connectivity index (χ4v) is 1.51. The SMILES string of the molecule is COC(=O)C(C)C(C)Oc1cc(C)ccc1C. The first-order valence-electron chi connectivity index (χ1n) is 5.77. The molecular weight excluding hydrogens is 216 g/mol. The van der Waals surface area contributed by atoms with Gasteiger partial charge in [-0.25, -0.2) is 0 Å². The molecule has 0 aromatic heterocycles. The zero-order valence-electron chi connectivity index (χ0n) is 11.1. The van der Waals surface area contributed by atoms with Gasteiger partial charge in [0, 0.05) is 0 Å². The molecule has 0 aliphatic rings. The number of ether oxygens (including phenoxy) is 2. The maximum absolute atomic E-state index is 11.4. The van der Waals surface area contributed by atoms with Gasteiger partial charge in [0.25, 0.3) is 0 Å². The Morgan fingerprint density at radius 3 is 2.47 bits per heavy atom. The minimum absolute atomic E-state index is 0.206. The first-order chi connectivity index (χ1) is 7.95. The summed E-state index contributed by atoms with van der Waals surface area (Å²) in [6.45, 7) is 7.69. The number of carbonyl (C=O) groups excluding carboxylic acids is 1. The molecule has 0 aliphatic carbocycles. The van der Waals surface area contributed by atoms with Crippen molar-refractivity contribution in [2.24, 2.45) is 5.92 Å². The highest BCUT2D eigenvalue weighted by atomic mass is 16.5. The van der Waals surface area contributed by atoms with Crippen molar-refractivity contribution in [1.29, 1.82) is 0 Å². The molecule has 0 aliphatic heterocycles. The molecule has 0 N–H and O–H groups in total. The maximum Gasteiger partial charge on any atom is 0.312 e. The molecule has 94 valence electrons. The molecule has 2 atom stereocenters. The number of hydrogen-bond acceptors (Lipinski definition) is 3. The quantitative estimate of drug-likeness (QED) is 0.754. The Labute approximate surface area is 103 Å². The van der Waals surface area contributed by atoms with Crippen LogP contribution < -0.4 is 4.74 Å². The Bertz CT molecular complexity index is 398. The zero-order chi connectivity index (χ0) is 13.0. The zero-order valence-corrected chi connectivity index (χ0v) is 11.1. The van der Waals surface area contributed by atoms with Crippen molar-refractivity contribution in [1.82, 2.24) is 0 Å². The van der Waals surface area contributed by atoms with Crippen molar-refractivity contribution < 1.29 is 14.3 Å². The van der Waals surface area contributed by atoms with E-state index in [1.165, 1.54) is 7.11 Å². The first kappa shape index (κ1) is 13.6. The highest BCUT2D eigenvalue weighted by molar-refractivity contribution is 5.72. The van der Waals surface area contributed by atoms with Crippen molar-refractivity contribution in [2.45, 2.75) is 33.8 Å².